The highest BCUT2D eigenvalue weighted by Gasteiger charge is 2.44. The molecule has 2 aliphatic heterocycles. The van der Waals surface area contributed by atoms with Crippen LogP contribution in [0.5, 0.6) is 0 Å². The molecule has 5 nitrogen and oxygen atoms in total. The summed E-state index contributed by atoms with van der Waals surface area (Å²) in [6, 6.07) is 18.4. The summed E-state index contributed by atoms with van der Waals surface area (Å²) in [6.07, 6.45) is 4.61. The summed E-state index contributed by atoms with van der Waals surface area (Å²) in [6.45, 7) is 3.25. The van der Waals surface area contributed by atoms with Crippen LogP contribution in [0.1, 0.15) is 47.2 Å². The highest BCUT2D eigenvalue weighted by Crippen LogP contribution is 2.39. The van der Waals surface area contributed by atoms with Gasteiger partial charge in [0.25, 0.3) is 5.91 Å². The van der Waals surface area contributed by atoms with Crippen molar-refractivity contribution in [3.8, 4) is 0 Å². The van der Waals surface area contributed by atoms with E-state index in [0.717, 1.165) is 61.0 Å². The molecule has 160 valence electrons. The number of allylic oxidation sites excluding steroid dienone is 1. The number of likely N-dealkylation sites (tertiary alicyclic amines) is 1. The summed E-state index contributed by atoms with van der Waals surface area (Å²) in [5.74, 6) is 0.469. The molecule has 2 unspecified atom stereocenters. The number of hydrogen-bond acceptors (Lipinski definition) is 3. The van der Waals surface area contributed by atoms with Gasteiger partial charge >= 0.3 is 0 Å². The van der Waals surface area contributed by atoms with Gasteiger partial charge in [0.2, 0.25) is 5.91 Å². The van der Waals surface area contributed by atoms with Gasteiger partial charge in [0.1, 0.15) is 6.17 Å². The molecule has 0 saturated carbocycles. The lowest BCUT2D eigenvalue weighted by atomic mass is 9.94. The lowest BCUT2D eigenvalue weighted by Crippen LogP contribution is -2.55. The quantitative estimate of drug-likeness (QED) is 0.825. The largest absolute Gasteiger partial charge is 0.336 e. The Kier molecular flexibility index (Phi) is 5.26. The second-order valence-electron chi connectivity index (χ2n) is 8.93. The zero-order valence-corrected chi connectivity index (χ0v) is 18.0. The molecular formula is C26H29N3O2. The Labute approximate surface area is 183 Å². The first kappa shape index (κ1) is 19.9. The molecule has 0 radical (unpaired) electrons. The fraction of sp³-hybridized carbons (Fsp3) is 0.385. The normalized spacial score (nSPS) is 23.2. The van der Waals surface area contributed by atoms with Gasteiger partial charge in [-0.2, -0.15) is 0 Å². The van der Waals surface area contributed by atoms with E-state index in [9.17, 15) is 9.59 Å². The van der Waals surface area contributed by atoms with Gasteiger partial charge in [-0.15, -0.1) is 0 Å². The molecule has 5 heteroatoms. The van der Waals surface area contributed by atoms with Gasteiger partial charge in [-0.1, -0.05) is 48.0 Å². The average molecular weight is 416 g/mol. The third-order valence-electron chi connectivity index (χ3n) is 6.92. The minimum Gasteiger partial charge on any atom is -0.336 e. The van der Waals surface area contributed by atoms with E-state index >= 15 is 0 Å². The summed E-state index contributed by atoms with van der Waals surface area (Å²) in [5, 5.41) is 3.06. The number of benzene rings is 2. The van der Waals surface area contributed by atoms with E-state index in [2.05, 4.69) is 34.5 Å². The van der Waals surface area contributed by atoms with Gasteiger partial charge < -0.3 is 15.1 Å². The van der Waals surface area contributed by atoms with Crippen molar-refractivity contribution in [1.29, 1.82) is 0 Å². The van der Waals surface area contributed by atoms with Gasteiger partial charge in [-0.3, -0.25) is 9.59 Å². The molecule has 0 aromatic heterocycles. The van der Waals surface area contributed by atoms with Crippen LogP contribution in [0.2, 0.25) is 0 Å². The van der Waals surface area contributed by atoms with Crippen LogP contribution in [0.3, 0.4) is 0 Å². The van der Waals surface area contributed by atoms with E-state index in [1.54, 1.807) is 0 Å². The van der Waals surface area contributed by atoms with E-state index in [1.807, 2.05) is 42.2 Å². The summed E-state index contributed by atoms with van der Waals surface area (Å²) in [4.78, 5) is 30.3. The van der Waals surface area contributed by atoms with Gasteiger partial charge in [-0.25, -0.2) is 0 Å². The van der Waals surface area contributed by atoms with Gasteiger partial charge in [0.05, 0.1) is 6.67 Å². The van der Waals surface area contributed by atoms with E-state index in [4.69, 9.17) is 0 Å². The fourth-order valence-electron chi connectivity index (χ4n) is 5.37. The molecule has 2 aromatic carbocycles. The van der Waals surface area contributed by atoms with Crippen LogP contribution in [-0.2, 0) is 11.2 Å². The molecule has 2 atom stereocenters. The molecule has 0 spiro atoms. The minimum atomic E-state index is -0.0438. The molecule has 1 fully saturated rings. The lowest BCUT2D eigenvalue weighted by molar-refractivity contribution is -0.119. The van der Waals surface area contributed by atoms with Crippen molar-refractivity contribution in [1.82, 2.24) is 15.1 Å². The van der Waals surface area contributed by atoms with E-state index in [1.165, 1.54) is 5.56 Å². The number of hydrogen-bond donors (Lipinski definition) is 1. The van der Waals surface area contributed by atoms with E-state index in [0.29, 0.717) is 12.6 Å². The third-order valence-corrected chi connectivity index (χ3v) is 6.92. The predicted molar refractivity (Wildman–Crippen MR) is 120 cm³/mol. The monoisotopic (exact) mass is 415 g/mol. The van der Waals surface area contributed by atoms with Crippen LogP contribution in [0.4, 0.5) is 0 Å². The summed E-state index contributed by atoms with van der Waals surface area (Å²) < 4.78 is 0. The first-order valence-electron chi connectivity index (χ1n) is 11.3. The molecule has 2 amide bonds. The molecule has 3 aliphatic rings. The molecule has 2 heterocycles. The smallest absolute Gasteiger partial charge is 0.255 e. The van der Waals surface area contributed by atoms with Crippen LogP contribution in [0.15, 0.2) is 65.9 Å². The zero-order valence-electron chi connectivity index (χ0n) is 18.0. The van der Waals surface area contributed by atoms with Crippen molar-refractivity contribution < 1.29 is 9.59 Å². The molecule has 5 rings (SSSR count). The molecule has 2 aromatic rings. The fourth-order valence-corrected chi connectivity index (χ4v) is 5.37. The summed E-state index contributed by atoms with van der Waals surface area (Å²) >= 11 is 0. The summed E-state index contributed by atoms with van der Waals surface area (Å²) in [7, 11) is 0. The van der Waals surface area contributed by atoms with Crippen molar-refractivity contribution in [2.45, 2.75) is 45.2 Å². The van der Waals surface area contributed by atoms with E-state index < -0.39 is 0 Å². The topological polar surface area (TPSA) is 52.7 Å². The average Bonchev–Trinajstić information content (AvgIpc) is 3.43. The lowest BCUT2D eigenvalue weighted by Gasteiger charge is -2.42. The Morgan fingerprint density at radius 1 is 1.06 bits per heavy atom. The number of carbonyl (C=O) groups is 2. The second kappa shape index (κ2) is 8.22. The predicted octanol–water partition coefficient (Wildman–Crippen LogP) is 3.85. The van der Waals surface area contributed by atoms with Gasteiger partial charge in [0.15, 0.2) is 0 Å². The maximum atomic E-state index is 13.6. The zero-order chi connectivity index (χ0) is 21.4. The van der Waals surface area contributed by atoms with Crippen molar-refractivity contribution in [2.75, 3.05) is 13.2 Å². The molecule has 1 N–H and O–H groups in total. The highest BCUT2D eigenvalue weighted by molar-refractivity contribution is 5.96. The number of nitrogens with one attached hydrogen (secondary N) is 1. The Bertz CT molecular complexity index is 1010. The maximum absolute atomic E-state index is 13.6. The maximum Gasteiger partial charge on any atom is 0.255 e. The number of rotatable bonds is 4. The van der Waals surface area contributed by atoms with Crippen LogP contribution < -0.4 is 5.32 Å². The van der Waals surface area contributed by atoms with Crippen molar-refractivity contribution in [3.05, 3.63) is 82.6 Å². The highest BCUT2D eigenvalue weighted by atomic mass is 16.2. The Hall–Kier alpha value is -3.08. The summed E-state index contributed by atoms with van der Waals surface area (Å²) in [5.41, 5.74) is 5.24. The standard InChI is InChI=1S/C26H29N3O2/c1-18-10-12-20(13-11-18)26(31)28-15-14-21(16-19-6-3-2-4-7-19)25(28)29-17-27-24(30)22-8-5-9-23(22)29/h2-4,6-7,10-13,21,25H,5,8-9,14-17H2,1H3,(H,27,30). The number of amides is 2. The van der Waals surface area contributed by atoms with Gasteiger partial charge in [-0.05, 0) is 56.7 Å². The molecule has 1 aliphatic carbocycles. The van der Waals surface area contributed by atoms with Gasteiger partial charge in [0, 0.05) is 29.3 Å². The SMILES string of the molecule is Cc1ccc(C(=O)N2CCC(Cc3ccccc3)C2N2CNC(=O)C3=C2CCC3)cc1. The van der Waals surface area contributed by atoms with E-state index in [-0.39, 0.29) is 18.0 Å². The molecule has 31 heavy (non-hydrogen) atoms. The van der Waals surface area contributed by atoms with Crippen LogP contribution >= 0.6 is 0 Å². The first-order chi connectivity index (χ1) is 15.1. The third kappa shape index (κ3) is 3.73. The Morgan fingerprint density at radius 3 is 2.61 bits per heavy atom. The molecular weight excluding hydrogens is 386 g/mol. The Morgan fingerprint density at radius 2 is 1.84 bits per heavy atom. The molecule has 0 bridgehead atoms. The number of nitrogens with zero attached hydrogens (tertiary/aromatic N) is 2. The number of carbonyl (C=O) groups excluding carboxylic acids is 2. The van der Waals surface area contributed by atoms with Crippen LogP contribution in [0.25, 0.3) is 0 Å². The number of aryl methyl sites for hydroxylation is 1. The van der Waals surface area contributed by atoms with Crippen molar-refractivity contribution >= 4 is 11.8 Å². The van der Waals surface area contributed by atoms with Crippen molar-refractivity contribution in [3.63, 3.8) is 0 Å². The van der Waals surface area contributed by atoms with Crippen LogP contribution in [-0.4, -0.2) is 41.0 Å². The van der Waals surface area contributed by atoms with Crippen LogP contribution in [0, 0.1) is 12.8 Å². The minimum absolute atomic E-state index is 0.0438. The van der Waals surface area contributed by atoms with Crippen molar-refractivity contribution in [2.24, 2.45) is 5.92 Å². The Balaban J connectivity index is 1.49. The first-order valence-corrected chi connectivity index (χ1v) is 11.3. The second-order valence-corrected chi connectivity index (χ2v) is 8.93. The molecule has 1 saturated heterocycles.